The topological polar surface area (TPSA) is 110 Å². The molecule has 148 valence electrons. The summed E-state index contributed by atoms with van der Waals surface area (Å²) in [6, 6.07) is 17.1. The van der Waals surface area contributed by atoms with Crippen molar-refractivity contribution in [3.8, 4) is 0 Å². The monoisotopic (exact) mass is 401 g/mol. The van der Waals surface area contributed by atoms with Gasteiger partial charge in [-0.15, -0.1) is 0 Å². The number of carbonyl (C=O) groups is 3. The first-order valence-electron chi connectivity index (χ1n) is 9.01. The van der Waals surface area contributed by atoms with Gasteiger partial charge in [-0.3, -0.25) is 24.5 Å². The molecule has 0 unspecified atom stereocenters. The molecule has 0 aliphatic carbocycles. The molecule has 0 radical (unpaired) electrons. The van der Waals surface area contributed by atoms with Gasteiger partial charge in [-0.05, 0) is 43.3 Å². The molecule has 1 aliphatic heterocycles. The van der Waals surface area contributed by atoms with Crippen LogP contribution in [0.5, 0.6) is 0 Å². The lowest BCUT2D eigenvalue weighted by atomic mass is 10.1. The lowest BCUT2D eigenvalue weighted by Gasteiger charge is -2.15. The Morgan fingerprint density at radius 2 is 1.67 bits per heavy atom. The van der Waals surface area contributed by atoms with Crippen molar-refractivity contribution in [1.82, 2.24) is 0 Å². The van der Waals surface area contributed by atoms with Crippen LogP contribution < -0.4 is 10.2 Å². The highest BCUT2D eigenvalue weighted by molar-refractivity contribution is 6.35. The number of imide groups is 1. The molecule has 8 nitrogen and oxygen atoms in total. The highest BCUT2D eigenvalue weighted by Gasteiger charge is 2.41. The SMILES string of the molecule is Cc1ccc(NC(=O)c2cccc(N3C(=O)c4cccc([N+](=O)[O-])c4C3=O)c2)cc1. The first-order valence-corrected chi connectivity index (χ1v) is 9.01. The van der Waals surface area contributed by atoms with Gasteiger partial charge in [-0.2, -0.15) is 0 Å². The van der Waals surface area contributed by atoms with Crippen molar-refractivity contribution in [2.24, 2.45) is 0 Å². The predicted octanol–water partition coefficient (Wildman–Crippen LogP) is 3.96. The summed E-state index contributed by atoms with van der Waals surface area (Å²) >= 11 is 0. The van der Waals surface area contributed by atoms with E-state index in [2.05, 4.69) is 5.32 Å². The van der Waals surface area contributed by atoms with Gasteiger partial charge in [-0.1, -0.05) is 29.8 Å². The quantitative estimate of drug-likeness (QED) is 0.404. The van der Waals surface area contributed by atoms with Crippen molar-refractivity contribution < 1.29 is 19.3 Å². The van der Waals surface area contributed by atoms with Crippen LogP contribution in [0.1, 0.15) is 36.6 Å². The summed E-state index contributed by atoms with van der Waals surface area (Å²) < 4.78 is 0. The number of amides is 3. The highest BCUT2D eigenvalue weighted by Crippen LogP contribution is 2.34. The van der Waals surface area contributed by atoms with E-state index in [4.69, 9.17) is 0 Å². The van der Waals surface area contributed by atoms with Crippen LogP contribution in [0, 0.1) is 17.0 Å². The third-order valence-corrected chi connectivity index (χ3v) is 4.77. The standard InChI is InChI=1S/C22H15N3O5/c1-13-8-10-15(11-9-13)23-20(26)14-4-2-5-16(12-14)24-21(27)17-6-3-7-18(25(29)30)19(17)22(24)28/h2-12H,1H3,(H,23,26). The van der Waals surface area contributed by atoms with Gasteiger partial charge in [0.05, 0.1) is 16.2 Å². The Morgan fingerprint density at radius 3 is 2.37 bits per heavy atom. The van der Waals surface area contributed by atoms with Crippen LogP contribution in [0.15, 0.2) is 66.7 Å². The number of nitro groups is 1. The van der Waals surface area contributed by atoms with E-state index in [0.717, 1.165) is 10.5 Å². The van der Waals surface area contributed by atoms with Gasteiger partial charge >= 0.3 is 0 Å². The summed E-state index contributed by atoms with van der Waals surface area (Å²) in [6.45, 7) is 1.93. The first-order chi connectivity index (χ1) is 14.4. The van der Waals surface area contributed by atoms with Gasteiger partial charge in [0.25, 0.3) is 23.4 Å². The molecule has 0 bridgehead atoms. The van der Waals surface area contributed by atoms with Gasteiger partial charge in [0.1, 0.15) is 5.56 Å². The molecule has 1 heterocycles. The summed E-state index contributed by atoms with van der Waals surface area (Å²) in [5.41, 5.74) is 1.33. The average Bonchev–Trinajstić information content (AvgIpc) is 3.00. The molecular weight excluding hydrogens is 386 g/mol. The van der Waals surface area contributed by atoms with E-state index < -0.39 is 28.3 Å². The van der Waals surface area contributed by atoms with Crippen molar-refractivity contribution in [3.63, 3.8) is 0 Å². The maximum Gasteiger partial charge on any atom is 0.283 e. The number of nitro benzene ring substituents is 1. The number of benzene rings is 3. The normalized spacial score (nSPS) is 12.6. The summed E-state index contributed by atoms with van der Waals surface area (Å²) in [7, 11) is 0. The second-order valence-corrected chi connectivity index (χ2v) is 6.77. The number of carbonyl (C=O) groups excluding carboxylic acids is 3. The molecule has 0 atom stereocenters. The third kappa shape index (κ3) is 3.20. The van der Waals surface area contributed by atoms with Crippen LogP contribution in [0.3, 0.4) is 0 Å². The zero-order valence-corrected chi connectivity index (χ0v) is 15.8. The molecule has 0 spiro atoms. The number of aryl methyl sites for hydroxylation is 1. The number of fused-ring (bicyclic) bond motifs is 1. The minimum absolute atomic E-state index is 0.0382. The van der Waals surface area contributed by atoms with Gasteiger partial charge in [0, 0.05) is 17.3 Å². The molecule has 4 rings (SSSR count). The summed E-state index contributed by atoms with van der Waals surface area (Å²) in [4.78, 5) is 49.6. The van der Waals surface area contributed by atoms with E-state index in [1.807, 2.05) is 19.1 Å². The Labute approximate surface area is 170 Å². The van der Waals surface area contributed by atoms with E-state index in [0.29, 0.717) is 5.69 Å². The maximum atomic E-state index is 12.8. The molecule has 0 saturated heterocycles. The fraction of sp³-hybridized carbons (Fsp3) is 0.0455. The first kappa shape index (κ1) is 19.0. The van der Waals surface area contributed by atoms with Crippen LogP contribution in [-0.4, -0.2) is 22.6 Å². The smallest absolute Gasteiger partial charge is 0.283 e. The Hall–Kier alpha value is -4.33. The molecular formula is C22H15N3O5. The molecule has 3 aromatic carbocycles. The Bertz CT molecular complexity index is 1220. The average molecular weight is 401 g/mol. The number of hydrogen-bond donors (Lipinski definition) is 1. The van der Waals surface area contributed by atoms with E-state index in [-0.39, 0.29) is 22.4 Å². The second-order valence-electron chi connectivity index (χ2n) is 6.77. The van der Waals surface area contributed by atoms with E-state index >= 15 is 0 Å². The van der Waals surface area contributed by atoms with Gasteiger partial charge in [0.15, 0.2) is 0 Å². The van der Waals surface area contributed by atoms with Crippen molar-refractivity contribution in [2.45, 2.75) is 6.92 Å². The van der Waals surface area contributed by atoms with E-state index in [1.165, 1.54) is 36.4 Å². The minimum Gasteiger partial charge on any atom is -0.322 e. The lowest BCUT2D eigenvalue weighted by molar-refractivity contribution is -0.385. The molecule has 1 aliphatic rings. The zero-order chi connectivity index (χ0) is 21.4. The Morgan fingerprint density at radius 1 is 0.967 bits per heavy atom. The van der Waals surface area contributed by atoms with Crippen LogP contribution in [0.2, 0.25) is 0 Å². The zero-order valence-electron chi connectivity index (χ0n) is 15.8. The van der Waals surface area contributed by atoms with Crippen molar-refractivity contribution in [2.75, 3.05) is 10.2 Å². The predicted molar refractivity (Wildman–Crippen MR) is 110 cm³/mol. The largest absolute Gasteiger partial charge is 0.322 e. The van der Waals surface area contributed by atoms with Crippen LogP contribution in [0.25, 0.3) is 0 Å². The lowest BCUT2D eigenvalue weighted by Crippen LogP contribution is -2.29. The summed E-state index contributed by atoms with van der Waals surface area (Å²) in [6.07, 6.45) is 0. The molecule has 1 N–H and O–H groups in total. The molecule has 0 fully saturated rings. The second kappa shape index (κ2) is 7.25. The number of rotatable bonds is 4. The number of nitrogens with zero attached hydrogens (tertiary/aromatic N) is 2. The van der Waals surface area contributed by atoms with Gasteiger partial charge < -0.3 is 5.32 Å². The Balaban J connectivity index is 1.66. The molecule has 0 aromatic heterocycles. The van der Waals surface area contributed by atoms with Gasteiger partial charge in [-0.25, -0.2) is 4.90 Å². The van der Waals surface area contributed by atoms with Crippen LogP contribution in [-0.2, 0) is 0 Å². The van der Waals surface area contributed by atoms with E-state index in [1.54, 1.807) is 18.2 Å². The third-order valence-electron chi connectivity index (χ3n) is 4.77. The minimum atomic E-state index is -0.793. The Kier molecular flexibility index (Phi) is 4.59. The summed E-state index contributed by atoms with van der Waals surface area (Å²) in [5, 5.41) is 14.0. The molecule has 30 heavy (non-hydrogen) atoms. The molecule has 3 amide bonds. The number of hydrogen-bond acceptors (Lipinski definition) is 5. The fourth-order valence-electron chi connectivity index (χ4n) is 3.28. The van der Waals surface area contributed by atoms with Crippen molar-refractivity contribution >= 4 is 34.8 Å². The maximum absolute atomic E-state index is 12.8. The number of anilines is 2. The van der Waals surface area contributed by atoms with Crippen molar-refractivity contribution in [1.29, 1.82) is 0 Å². The fourth-order valence-corrected chi connectivity index (χ4v) is 3.28. The molecule has 8 heteroatoms. The van der Waals surface area contributed by atoms with Crippen LogP contribution >= 0.6 is 0 Å². The van der Waals surface area contributed by atoms with Crippen molar-refractivity contribution in [3.05, 3.63) is 99.1 Å². The van der Waals surface area contributed by atoms with Crippen LogP contribution in [0.4, 0.5) is 17.1 Å². The van der Waals surface area contributed by atoms with Gasteiger partial charge in [0.2, 0.25) is 0 Å². The highest BCUT2D eigenvalue weighted by atomic mass is 16.6. The van der Waals surface area contributed by atoms with E-state index in [9.17, 15) is 24.5 Å². The molecule has 0 saturated carbocycles. The molecule has 3 aromatic rings. The number of nitrogens with one attached hydrogen (secondary N) is 1. The summed E-state index contributed by atoms with van der Waals surface area (Å²) in [5.74, 6) is -1.88.